The number of rotatable bonds is 1. The van der Waals surface area contributed by atoms with E-state index in [9.17, 15) is 0 Å². The van der Waals surface area contributed by atoms with Crippen molar-refractivity contribution in [3.8, 4) is 6.07 Å². The van der Waals surface area contributed by atoms with E-state index in [-0.39, 0.29) is 0 Å². The van der Waals surface area contributed by atoms with Gasteiger partial charge in [0.05, 0.1) is 12.1 Å². The molecule has 0 saturated carbocycles. The van der Waals surface area contributed by atoms with Crippen LogP contribution in [-0.2, 0) is 0 Å². The first kappa shape index (κ1) is 10.8. The predicted molar refractivity (Wildman–Crippen MR) is 64.6 cm³/mol. The quantitative estimate of drug-likeness (QED) is 0.715. The third-order valence-corrected chi connectivity index (χ3v) is 3.14. The van der Waals surface area contributed by atoms with E-state index in [0.717, 1.165) is 18.4 Å². The average molecular weight is 212 g/mol. The molecule has 0 aliphatic carbocycles. The lowest BCUT2D eigenvalue weighted by molar-refractivity contribution is 0.300. The van der Waals surface area contributed by atoms with E-state index in [2.05, 4.69) is 42.2 Å². The van der Waals surface area contributed by atoms with Crippen LogP contribution in [0.1, 0.15) is 30.0 Å². The van der Waals surface area contributed by atoms with Crippen molar-refractivity contribution >= 4 is 0 Å². The molecule has 0 fully saturated rings. The van der Waals surface area contributed by atoms with Crippen molar-refractivity contribution in [2.24, 2.45) is 0 Å². The van der Waals surface area contributed by atoms with Gasteiger partial charge in [0.15, 0.2) is 0 Å². The van der Waals surface area contributed by atoms with Crippen molar-refractivity contribution in [2.75, 3.05) is 7.05 Å². The fourth-order valence-electron chi connectivity index (χ4n) is 2.17. The van der Waals surface area contributed by atoms with Crippen LogP contribution < -0.4 is 0 Å². The summed E-state index contributed by atoms with van der Waals surface area (Å²) >= 11 is 0. The number of aryl methyl sites for hydroxylation is 1. The van der Waals surface area contributed by atoms with Gasteiger partial charge in [-0.05, 0) is 25.3 Å². The molecule has 2 rings (SSSR count). The van der Waals surface area contributed by atoms with Crippen molar-refractivity contribution in [3.63, 3.8) is 0 Å². The van der Waals surface area contributed by atoms with Gasteiger partial charge in [0, 0.05) is 18.8 Å². The van der Waals surface area contributed by atoms with Crippen molar-refractivity contribution in [2.45, 2.75) is 25.8 Å². The second-order valence-electron chi connectivity index (χ2n) is 4.40. The SMILES string of the molecule is Cc1ccc(C2CCC(C#N)=CN2C)cc1. The van der Waals surface area contributed by atoms with Gasteiger partial charge in [-0.1, -0.05) is 29.8 Å². The summed E-state index contributed by atoms with van der Waals surface area (Å²) < 4.78 is 0. The van der Waals surface area contributed by atoms with Crippen LogP contribution in [0.15, 0.2) is 36.0 Å². The van der Waals surface area contributed by atoms with E-state index in [1.54, 1.807) is 0 Å². The lowest BCUT2D eigenvalue weighted by Crippen LogP contribution is -2.23. The van der Waals surface area contributed by atoms with Crippen LogP contribution >= 0.6 is 0 Å². The molecule has 82 valence electrons. The Kier molecular flexibility index (Phi) is 2.96. The first-order valence-electron chi connectivity index (χ1n) is 5.60. The van der Waals surface area contributed by atoms with Gasteiger partial charge in [0.1, 0.15) is 0 Å². The van der Waals surface area contributed by atoms with E-state index < -0.39 is 0 Å². The number of allylic oxidation sites excluding steroid dienone is 1. The van der Waals surface area contributed by atoms with Crippen molar-refractivity contribution in [1.29, 1.82) is 5.26 Å². The topological polar surface area (TPSA) is 27.0 Å². The van der Waals surface area contributed by atoms with Crippen LogP contribution in [-0.4, -0.2) is 11.9 Å². The van der Waals surface area contributed by atoms with Crippen LogP contribution in [0.3, 0.4) is 0 Å². The second-order valence-corrected chi connectivity index (χ2v) is 4.40. The molecule has 16 heavy (non-hydrogen) atoms. The smallest absolute Gasteiger partial charge is 0.0962 e. The van der Waals surface area contributed by atoms with Crippen LogP contribution in [0.5, 0.6) is 0 Å². The first-order chi connectivity index (χ1) is 7.70. The predicted octanol–water partition coefficient (Wildman–Crippen LogP) is 3.17. The maximum absolute atomic E-state index is 8.86. The summed E-state index contributed by atoms with van der Waals surface area (Å²) in [5, 5.41) is 8.86. The second kappa shape index (κ2) is 4.40. The minimum absolute atomic E-state index is 0.415. The monoisotopic (exact) mass is 212 g/mol. The van der Waals surface area contributed by atoms with E-state index in [4.69, 9.17) is 5.26 Å². The molecule has 0 amide bonds. The van der Waals surface area contributed by atoms with Gasteiger partial charge in [-0.25, -0.2) is 0 Å². The summed E-state index contributed by atoms with van der Waals surface area (Å²) in [6, 6.07) is 11.3. The number of nitriles is 1. The summed E-state index contributed by atoms with van der Waals surface area (Å²) in [4.78, 5) is 2.15. The maximum atomic E-state index is 8.86. The van der Waals surface area contributed by atoms with Gasteiger partial charge < -0.3 is 4.90 Å². The molecular formula is C14H16N2. The molecule has 2 nitrogen and oxygen atoms in total. The van der Waals surface area contributed by atoms with Crippen molar-refractivity contribution in [3.05, 3.63) is 47.2 Å². The highest BCUT2D eigenvalue weighted by Crippen LogP contribution is 2.31. The molecule has 0 saturated heterocycles. The van der Waals surface area contributed by atoms with Gasteiger partial charge in [-0.2, -0.15) is 5.26 Å². The average Bonchev–Trinajstić information content (AvgIpc) is 2.30. The molecule has 1 aliphatic rings. The maximum Gasteiger partial charge on any atom is 0.0962 e. The zero-order valence-corrected chi connectivity index (χ0v) is 9.77. The Morgan fingerprint density at radius 2 is 2.00 bits per heavy atom. The first-order valence-corrected chi connectivity index (χ1v) is 5.60. The fraction of sp³-hybridized carbons (Fsp3) is 0.357. The van der Waals surface area contributed by atoms with Crippen LogP contribution in [0.2, 0.25) is 0 Å². The molecule has 1 aliphatic heterocycles. The molecule has 2 heteroatoms. The van der Waals surface area contributed by atoms with E-state index in [0.29, 0.717) is 6.04 Å². The Bertz CT molecular complexity index is 437. The van der Waals surface area contributed by atoms with Gasteiger partial charge in [0.25, 0.3) is 0 Å². The lowest BCUT2D eigenvalue weighted by Gasteiger charge is -2.31. The van der Waals surface area contributed by atoms with Gasteiger partial charge in [-0.3, -0.25) is 0 Å². The molecule has 0 N–H and O–H groups in total. The highest BCUT2D eigenvalue weighted by molar-refractivity contribution is 5.29. The molecule has 1 aromatic rings. The zero-order valence-electron chi connectivity index (χ0n) is 9.77. The minimum atomic E-state index is 0.415. The van der Waals surface area contributed by atoms with Gasteiger partial charge in [0.2, 0.25) is 0 Å². The highest BCUT2D eigenvalue weighted by atomic mass is 15.1. The van der Waals surface area contributed by atoms with E-state index >= 15 is 0 Å². The van der Waals surface area contributed by atoms with Crippen molar-refractivity contribution in [1.82, 2.24) is 4.90 Å². The van der Waals surface area contributed by atoms with E-state index in [1.165, 1.54) is 11.1 Å². The molecule has 1 heterocycles. The fourth-order valence-corrected chi connectivity index (χ4v) is 2.17. The highest BCUT2D eigenvalue weighted by Gasteiger charge is 2.19. The molecule has 0 bridgehead atoms. The molecule has 1 unspecified atom stereocenters. The largest absolute Gasteiger partial charge is 0.373 e. The molecule has 0 aromatic heterocycles. The summed E-state index contributed by atoms with van der Waals surface area (Å²) in [5.41, 5.74) is 3.50. The number of nitrogens with zero attached hydrogens (tertiary/aromatic N) is 2. The van der Waals surface area contributed by atoms with Crippen LogP contribution in [0.25, 0.3) is 0 Å². The van der Waals surface area contributed by atoms with Crippen LogP contribution in [0.4, 0.5) is 0 Å². The van der Waals surface area contributed by atoms with Crippen molar-refractivity contribution < 1.29 is 0 Å². The standard InChI is InChI=1S/C14H16N2/c1-11-3-6-13(7-4-11)14-8-5-12(9-15)10-16(14)2/h3-4,6-7,10,14H,5,8H2,1-2H3. The molecule has 0 radical (unpaired) electrons. The molecular weight excluding hydrogens is 196 g/mol. The molecule has 0 spiro atoms. The third kappa shape index (κ3) is 2.09. The number of hydrogen-bond acceptors (Lipinski definition) is 2. The Morgan fingerprint density at radius 1 is 1.31 bits per heavy atom. The molecule has 1 atom stereocenters. The summed E-state index contributed by atoms with van der Waals surface area (Å²) in [6.07, 6.45) is 3.88. The summed E-state index contributed by atoms with van der Waals surface area (Å²) in [6.45, 7) is 2.10. The Morgan fingerprint density at radius 3 is 2.56 bits per heavy atom. The Labute approximate surface area is 96.8 Å². The number of benzene rings is 1. The summed E-state index contributed by atoms with van der Waals surface area (Å²) in [5.74, 6) is 0. The Balaban J connectivity index is 2.21. The number of hydrogen-bond donors (Lipinski definition) is 0. The van der Waals surface area contributed by atoms with Crippen LogP contribution in [0, 0.1) is 18.3 Å². The summed E-state index contributed by atoms with van der Waals surface area (Å²) in [7, 11) is 2.04. The lowest BCUT2D eigenvalue weighted by atomic mass is 9.95. The third-order valence-electron chi connectivity index (χ3n) is 3.14. The molecule has 1 aromatic carbocycles. The van der Waals surface area contributed by atoms with E-state index in [1.807, 2.05) is 13.2 Å². The normalized spacial score (nSPS) is 20.2. The Hall–Kier alpha value is -1.75. The van der Waals surface area contributed by atoms with Gasteiger partial charge in [-0.15, -0.1) is 0 Å². The zero-order chi connectivity index (χ0) is 11.5. The minimum Gasteiger partial charge on any atom is -0.373 e. The van der Waals surface area contributed by atoms with Gasteiger partial charge >= 0.3 is 0 Å².